The lowest BCUT2D eigenvalue weighted by atomic mass is 10.0. The van der Waals surface area contributed by atoms with E-state index < -0.39 is 5.60 Å². The summed E-state index contributed by atoms with van der Waals surface area (Å²) in [6, 6.07) is 3.87. The zero-order valence-corrected chi connectivity index (χ0v) is 15.5. The standard InChI is InChI=1S/C19H23N5O3.H2/c1-19(2,26)15-4-3-12(9-20-15)14-10-21-17-18(22-14)24(11-16(25)23-17)13-5-7-27-8-6-13;/h3-4,9-10,13,26H,5-8,11H2,1-2H3,(H,21,23,25);1H. The normalized spacial score (nSPS) is 18.2. The van der Waals surface area contributed by atoms with E-state index in [-0.39, 0.29) is 19.9 Å². The fourth-order valence-corrected chi connectivity index (χ4v) is 3.41. The van der Waals surface area contributed by atoms with Gasteiger partial charge in [0.05, 0.1) is 24.1 Å². The summed E-state index contributed by atoms with van der Waals surface area (Å²) in [4.78, 5) is 27.6. The quantitative estimate of drug-likeness (QED) is 0.850. The van der Waals surface area contributed by atoms with Gasteiger partial charge in [0, 0.05) is 32.4 Å². The van der Waals surface area contributed by atoms with E-state index in [9.17, 15) is 9.90 Å². The zero-order chi connectivity index (χ0) is 19.0. The molecule has 144 valence electrons. The highest BCUT2D eigenvalue weighted by molar-refractivity contribution is 5.99. The third-order valence-corrected chi connectivity index (χ3v) is 4.92. The molecule has 1 amide bonds. The highest BCUT2D eigenvalue weighted by Gasteiger charge is 2.31. The molecule has 2 aliphatic rings. The number of rotatable bonds is 3. The van der Waals surface area contributed by atoms with Gasteiger partial charge in [-0.25, -0.2) is 9.97 Å². The van der Waals surface area contributed by atoms with Crippen molar-refractivity contribution < 1.29 is 16.1 Å². The van der Waals surface area contributed by atoms with Crippen LogP contribution < -0.4 is 10.2 Å². The van der Waals surface area contributed by atoms with Crippen LogP contribution in [0.2, 0.25) is 0 Å². The van der Waals surface area contributed by atoms with Crippen molar-refractivity contribution in [2.24, 2.45) is 0 Å². The molecule has 2 N–H and O–H groups in total. The van der Waals surface area contributed by atoms with Crippen LogP contribution in [0.3, 0.4) is 0 Å². The second-order valence-electron chi connectivity index (χ2n) is 7.44. The van der Waals surface area contributed by atoms with E-state index >= 15 is 0 Å². The first-order valence-corrected chi connectivity index (χ1v) is 9.12. The molecule has 4 rings (SSSR count). The SMILES string of the molecule is CC(C)(O)c1ccc(-c2cnc3c(n2)N(C2CCOCC2)CC(=O)N3)cn1.[HH]. The number of carbonyl (C=O) groups excluding carboxylic acids is 1. The summed E-state index contributed by atoms with van der Waals surface area (Å²) in [5, 5.41) is 12.9. The van der Waals surface area contributed by atoms with Gasteiger partial charge in [-0.2, -0.15) is 0 Å². The van der Waals surface area contributed by atoms with Gasteiger partial charge in [-0.1, -0.05) is 0 Å². The Labute approximate surface area is 159 Å². The number of hydrogen-bond donors (Lipinski definition) is 2. The molecule has 4 heterocycles. The number of hydrogen-bond acceptors (Lipinski definition) is 7. The molecule has 0 saturated carbocycles. The minimum absolute atomic E-state index is 0. The zero-order valence-electron chi connectivity index (χ0n) is 15.5. The van der Waals surface area contributed by atoms with Gasteiger partial charge < -0.3 is 20.1 Å². The lowest BCUT2D eigenvalue weighted by molar-refractivity contribution is -0.115. The second-order valence-corrected chi connectivity index (χ2v) is 7.44. The van der Waals surface area contributed by atoms with Gasteiger partial charge in [0.1, 0.15) is 5.60 Å². The highest BCUT2D eigenvalue weighted by atomic mass is 16.5. The lowest BCUT2D eigenvalue weighted by Gasteiger charge is -2.37. The van der Waals surface area contributed by atoms with Gasteiger partial charge in [0.15, 0.2) is 11.6 Å². The summed E-state index contributed by atoms with van der Waals surface area (Å²) in [7, 11) is 0. The molecule has 0 spiro atoms. The maximum absolute atomic E-state index is 12.1. The Morgan fingerprint density at radius 3 is 2.70 bits per heavy atom. The predicted octanol–water partition coefficient (Wildman–Crippen LogP) is 1.95. The molecule has 2 aromatic heterocycles. The third kappa shape index (κ3) is 3.63. The van der Waals surface area contributed by atoms with Crippen LogP contribution in [-0.2, 0) is 15.1 Å². The molecule has 0 aromatic carbocycles. The van der Waals surface area contributed by atoms with Crippen LogP contribution in [-0.4, -0.2) is 51.8 Å². The van der Waals surface area contributed by atoms with Crippen LogP contribution in [0.5, 0.6) is 0 Å². The largest absolute Gasteiger partial charge is 0.384 e. The molecular formula is C19H25N5O3. The fraction of sp³-hybridized carbons (Fsp3) is 0.474. The van der Waals surface area contributed by atoms with E-state index in [0.717, 1.165) is 18.4 Å². The van der Waals surface area contributed by atoms with E-state index in [0.29, 0.717) is 36.2 Å². The first kappa shape index (κ1) is 17.8. The molecule has 1 saturated heterocycles. The molecule has 1 fully saturated rings. The molecule has 8 nitrogen and oxygen atoms in total. The Balaban J connectivity index is 0.00000225. The smallest absolute Gasteiger partial charge is 0.245 e. The summed E-state index contributed by atoms with van der Waals surface area (Å²) < 4.78 is 5.45. The third-order valence-electron chi connectivity index (χ3n) is 4.92. The van der Waals surface area contributed by atoms with Crippen LogP contribution in [0.1, 0.15) is 33.8 Å². The number of aliphatic hydroxyl groups is 1. The van der Waals surface area contributed by atoms with Crippen molar-refractivity contribution in [3.05, 3.63) is 30.2 Å². The van der Waals surface area contributed by atoms with Gasteiger partial charge in [-0.15, -0.1) is 0 Å². The Bertz CT molecular complexity index is 848. The molecular weight excluding hydrogens is 346 g/mol. The van der Waals surface area contributed by atoms with E-state index in [1.54, 1.807) is 32.3 Å². The van der Waals surface area contributed by atoms with Gasteiger partial charge in [-0.05, 0) is 38.8 Å². The van der Waals surface area contributed by atoms with Crippen molar-refractivity contribution in [3.8, 4) is 11.3 Å². The summed E-state index contributed by atoms with van der Waals surface area (Å²) in [5.74, 6) is 1.10. The number of carbonyl (C=O) groups is 1. The number of pyridine rings is 1. The number of amides is 1. The van der Waals surface area contributed by atoms with Gasteiger partial charge in [0.2, 0.25) is 5.91 Å². The van der Waals surface area contributed by atoms with Crippen LogP contribution in [0.25, 0.3) is 11.3 Å². The van der Waals surface area contributed by atoms with E-state index in [1.807, 2.05) is 11.0 Å². The Kier molecular flexibility index (Phi) is 4.53. The Hall–Kier alpha value is -2.58. The molecule has 2 aliphatic heterocycles. The first-order valence-electron chi connectivity index (χ1n) is 9.12. The van der Waals surface area contributed by atoms with Crippen molar-refractivity contribution in [1.29, 1.82) is 0 Å². The average molecular weight is 371 g/mol. The minimum atomic E-state index is -0.996. The minimum Gasteiger partial charge on any atom is -0.384 e. The number of nitrogens with one attached hydrogen (secondary N) is 1. The van der Waals surface area contributed by atoms with E-state index in [2.05, 4.69) is 15.3 Å². The Morgan fingerprint density at radius 2 is 2.04 bits per heavy atom. The van der Waals surface area contributed by atoms with Crippen LogP contribution in [0.15, 0.2) is 24.5 Å². The number of aromatic nitrogens is 3. The maximum atomic E-state index is 12.1. The molecule has 8 heteroatoms. The van der Waals surface area contributed by atoms with Crippen molar-refractivity contribution in [2.75, 3.05) is 30.0 Å². The number of nitrogens with zero attached hydrogens (tertiary/aromatic N) is 4. The molecule has 0 bridgehead atoms. The predicted molar refractivity (Wildman–Crippen MR) is 102 cm³/mol. The van der Waals surface area contributed by atoms with Gasteiger partial charge in [0.25, 0.3) is 0 Å². The first-order chi connectivity index (χ1) is 12.9. The van der Waals surface area contributed by atoms with Gasteiger partial charge >= 0.3 is 0 Å². The molecule has 27 heavy (non-hydrogen) atoms. The number of fused-ring (bicyclic) bond motifs is 1. The van der Waals surface area contributed by atoms with E-state index in [1.165, 1.54) is 0 Å². The van der Waals surface area contributed by atoms with Crippen molar-refractivity contribution in [2.45, 2.75) is 38.3 Å². The van der Waals surface area contributed by atoms with Crippen LogP contribution >= 0.6 is 0 Å². The second kappa shape index (κ2) is 6.86. The average Bonchev–Trinajstić information content (AvgIpc) is 2.67. The van der Waals surface area contributed by atoms with Crippen LogP contribution in [0.4, 0.5) is 11.6 Å². The summed E-state index contributed by atoms with van der Waals surface area (Å²) >= 11 is 0. The number of ether oxygens (including phenoxy) is 1. The lowest BCUT2D eigenvalue weighted by Crippen LogP contribution is -2.47. The summed E-state index contributed by atoms with van der Waals surface area (Å²) in [6.07, 6.45) is 5.04. The summed E-state index contributed by atoms with van der Waals surface area (Å²) in [5.41, 5.74) is 1.08. The van der Waals surface area contributed by atoms with Crippen molar-refractivity contribution in [3.63, 3.8) is 0 Å². The molecule has 0 aliphatic carbocycles. The Morgan fingerprint density at radius 1 is 1.26 bits per heavy atom. The van der Waals surface area contributed by atoms with E-state index in [4.69, 9.17) is 9.72 Å². The van der Waals surface area contributed by atoms with Crippen LogP contribution in [0, 0.1) is 0 Å². The maximum Gasteiger partial charge on any atom is 0.245 e. The molecule has 0 atom stereocenters. The highest BCUT2D eigenvalue weighted by Crippen LogP contribution is 2.32. The molecule has 0 radical (unpaired) electrons. The molecule has 2 aromatic rings. The monoisotopic (exact) mass is 371 g/mol. The molecule has 0 unspecified atom stereocenters. The topological polar surface area (TPSA) is 100 Å². The van der Waals surface area contributed by atoms with Crippen molar-refractivity contribution >= 4 is 17.5 Å². The van der Waals surface area contributed by atoms with Crippen molar-refractivity contribution in [1.82, 2.24) is 15.0 Å². The number of anilines is 2. The summed E-state index contributed by atoms with van der Waals surface area (Å²) in [6.45, 7) is 5.04. The fourth-order valence-electron chi connectivity index (χ4n) is 3.41. The van der Waals surface area contributed by atoms with Gasteiger partial charge in [-0.3, -0.25) is 9.78 Å².